The van der Waals surface area contributed by atoms with E-state index in [0.29, 0.717) is 31.5 Å². The number of nitrogens with zero attached hydrogens (tertiary/aromatic N) is 2. The molecule has 25 heavy (non-hydrogen) atoms. The van der Waals surface area contributed by atoms with Crippen LogP contribution >= 0.6 is 46.4 Å². The number of carbonyl (C=O) groups is 1. The molecule has 0 aliphatic heterocycles. The van der Waals surface area contributed by atoms with Crippen LogP contribution < -0.4 is 5.32 Å². The van der Waals surface area contributed by atoms with Crippen LogP contribution in [0.3, 0.4) is 0 Å². The van der Waals surface area contributed by atoms with E-state index in [0.717, 1.165) is 11.4 Å². The van der Waals surface area contributed by atoms with Gasteiger partial charge in [-0.25, -0.2) is 4.68 Å². The van der Waals surface area contributed by atoms with Crippen molar-refractivity contribution < 1.29 is 4.79 Å². The minimum atomic E-state index is -0.336. The molecule has 0 bridgehead atoms. The lowest BCUT2D eigenvalue weighted by Crippen LogP contribution is -2.12. The van der Waals surface area contributed by atoms with Crippen LogP contribution in [0.2, 0.25) is 20.1 Å². The van der Waals surface area contributed by atoms with Crippen LogP contribution in [-0.4, -0.2) is 15.7 Å². The molecule has 1 N–H and O–H groups in total. The highest BCUT2D eigenvalue weighted by Gasteiger charge is 2.13. The Balaban J connectivity index is 1.85. The summed E-state index contributed by atoms with van der Waals surface area (Å²) >= 11 is 23.8. The van der Waals surface area contributed by atoms with Gasteiger partial charge in [0.1, 0.15) is 0 Å². The lowest BCUT2D eigenvalue weighted by atomic mass is 10.2. The van der Waals surface area contributed by atoms with Crippen LogP contribution in [0.15, 0.2) is 42.5 Å². The van der Waals surface area contributed by atoms with E-state index < -0.39 is 0 Å². The zero-order valence-corrected chi connectivity index (χ0v) is 15.9. The van der Waals surface area contributed by atoms with E-state index in [9.17, 15) is 4.79 Å². The van der Waals surface area contributed by atoms with E-state index in [-0.39, 0.29) is 5.91 Å². The highest BCUT2D eigenvalue weighted by Crippen LogP contribution is 2.26. The SMILES string of the molecule is Cc1cc(NC(=O)c2ccc(Cl)c(Cl)c2)nn1-c1ccc(Cl)c(Cl)c1. The molecule has 0 saturated carbocycles. The van der Waals surface area contributed by atoms with Crippen molar-refractivity contribution in [3.8, 4) is 5.69 Å². The first-order valence-electron chi connectivity index (χ1n) is 7.13. The van der Waals surface area contributed by atoms with Gasteiger partial charge in [-0.15, -0.1) is 5.10 Å². The Kier molecular flexibility index (Phi) is 5.25. The number of aryl methyl sites for hydroxylation is 1. The topological polar surface area (TPSA) is 46.9 Å². The number of benzene rings is 2. The predicted molar refractivity (Wildman–Crippen MR) is 103 cm³/mol. The zero-order valence-electron chi connectivity index (χ0n) is 12.9. The van der Waals surface area contributed by atoms with Crippen molar-refractivity contribution in [2.45, 2.75) is 6.92 Å². The van der Waals surface area contributed by atoms with Crippen molar-refractivity contribution in [2.75, 3.05) is 5.32 Å². The maximum Gasteiger partial charge on any atom is 0.256 e. The van der Waals surface area contributed by atoms with Gasteiger partial charge >= 0.3 is 0 Å². The van der Waals surface area contributed by atoms with Crippen LogP contribution in [-0.2, 0) is 0 Å². The van der Waals surface area contributed by atoms with Crippen LogP contribution in [0.5, 0.6) is 0 Å². The van der Waals surface area contributed by atoms with Gasteiger partial charge in [0.05, 0.1) is 25.8 Å². The first kappa shape index (κ1) is 18.1. The average molecular weight is 415 g/mol. The van der Waals surface area contributed by atoms with Gasteiger partial charge in [-0.05, 0) is 43.3 Å². The summed E-state index contributed by atoms with van der Waals surface area (Å²) in [4.78, 5) is 12.3. The summed E-state index contributed by atoms with van der Waals surface area (Å²) in [5.41, 5.74) is 1.95. The third kappa shape index (κ3) is 3.93. The van der Waals surface area contributed by atoms with Crippen LogP contribution in [0.1, 0.15) is 16.1 Å². The van der Waals surface area contributed by atoms with Gasteiger partial charge < -0.3 is 5.32 Å². The van der Waals surface area contributed by atoms with Crippen molar-refractivity contribution in [1.82, 2.24) is 9.78 Å². The molecule has 1 amide bonds. The predicted octanol–water partition coefficient (Wildman–Crippen LogP) is 6.05. The molecule has 3 rings (SSSR count). The zero-order chi connectivity index (χ0) is 18.1. The molecule has 0 fully saturated rings. The van der Waals surface area contributed by atoms with Gasteiger partial charge in [-0.1, -0.05) is 46.4 Å². The number of halogens is 4. The highest BCUT2D eigenvalue weighted by atomic mass is 35.5. The third-order valence-electron chi connectivity index (χ3n) is 3.46. The number of carbonyl (C=O) groups excluding carboxylic acids is 1. The molecule has 1 aromatic heterocycles. The number of anilines is 1. The summed E-state index contributed by atoms with van der Waals surface area (Å²) in [6, 6.07) is 11.6. The summed E-state index contributed by atoms with van der Waals surface area (Å²) in [7, 11) is 0. The first-order chi connectivity index (χ1) is 11.8. The van der Waals surface area contributed by atoms with Crippen LogP contribution in [0.4, 0.5) is 5.82 Å². The summed E-state index contributed by atoms with van der Waals surface area (Å²) in [6.07, 6.45) is 0. The van der Waals surface area contributed by atoms with Crippen LogP contribution in [0, 0.1) is 6.92 Å². The maximum atomic E-state index is 12.3. The van der Waals surface area contributed by atoms with Gasteiger partial charge in [0.2, 0.25) is 0 Å². The normalized spacial score (nSPS) is 10.8. The monoisotopic (exact) mass is 413 g/mol. The molecule has 8 heteroatoms. The molecule has 2 aromatic carbocycles. The van der Waals surface area contributed by atoms with E-state index in [4.69, 9.17) is 46.4 Å². The van der Waals surface area contributed by atoms with Crippen LogP contribution in [0.25, 0.3) is 5.69 Å². The number of rotatable bonds is 3. The fraction of sp³-hybridized carbons (Fsp3) is 0.0588. The largest absolute Gasteiger partial charge is 0.305 e. The molecule has 0 unspecified atom stereocenters. The second-order valence-electron chi connectivity index (χ2n) is 5.26. The number of nitrogens with one attached hydrogen (secondary N) is 1. The van der Waals surface area contributed by atoms with Crippen molar-refractivity contribution in [3.63, 3.8) is 0 Å². The Bertz CT molecular complexity index is 969. The molecule has 4 nitrogen and oxygen atoms in total. The minimum Gasteiger partial charge on any atom is -0.305 e. The van der Waals surface area contributed by atoms with E-state index in [1.54, 1.807) is 41.1 Å². The van der Waals surface area contributed by atoms with E-state index in [1.165, 1.54) is 6.07 Å². The number of hydrogen-bond acceptors (Lipinski definition) is 2. The molecule has 3 aromatic rings. The standard InChI is InChI=1S/C17H11Cl4N3O/c1-9-6-16(22-17(25)10-2-4-12(18)14(20)7-10)23-24(9)11-3-5-13(19)15(21)8-11/h2-8H,1H3,(H,22,23,25). The average Bonchev–Trinajstić information content (AvgIpc) is 2.93. The summed E-state index contributed by atoms with van der Waals surface area (Å²) < 4.78 is 1.66. The van der Waals surface area contributed by atoms with Crippen molar-refractivity contribution in [2.24, 2.45) is 0 Å². The molecular formula is C17H11Cl4N3O. The van der Waals surface area contributed by atoms with Crippen molar-refractivity contribution in [1.29, 1.82) is 0 Å². The van der Waals surface area contributed by atoms with E-state index >= 15 is 0 Å². The van der Waals surface area contributed by atoms with Gasteiger partial charge in [0.15, 0.2) is 5.82 Å². The number of aromatic nitrogens is 2. The van der Waals surface area contributed by atoms with Gasteiger partial charge in [-0.3, -0.25) is 4.79 Å². The van der Waals surface area contributed by atoms with Crippen molar-refractivity contribution >= 4 is 58.1 Å². The second kappa shape index (κ2) is 7.26. The first-order valence-corrected chi connectivity index (χ1v) is 8.65. The Hall–Kier alpha value is -1.72. The molecule has 0 saturated heterocycles. The van der Waals surface area contributed by atoms with Gasteiger partial charge in [0.25, 0.3) is 5.91 Å². The summed E-state index contributed by atoms with van der Waals surface area (Å²) in [5.74, 6) is 0.0667. The van der Waals surface area contributed by atoms with Crippen molar-refractivity contribution in [3.05, 3.63) is 73.8 Å². The number of amides is 1. The Morgan fingerprint density at radius 3 is 2.20 bits per heavy atom. The smallest absolute Gasteiger partial charge is 0.256 e. The fourth-order valence-electron chi connectivity index (χ4n) is 2.24. The molecule has 0 aliphatic carbocycles. The second-order valence-corrected chi connectivity index (χ2v) is 6.89. The number of hydrogen-bond donors (Lipinski definition) is 1. The van der Waals surface area contributed by atoms with E-state index in [1.807, 2.05) is 6.92 Å². The molecule has 1 heterocycles. The molecule has 128 valence electrons. The van der Waals surface area contributed by atoms with E-state index in [2.05, 4.69) is 10.4 Å². The fourth-order valence-corrected chi connectivity index (χ4v) is 2.83. The lowest BCUT2D eigenvalue weighted by molar-refractivity contribution is 0.102. The lowest BCUT2D eigenvalue weighted by Gasteiger charge is -2.06. The Labute approximate surface area is 164 Å². The Morgan fingerprint density at radius 1 is 0.920 bits per heavy atom. The summed E-state index contributed by atoms with van der Waals surface area (Å²) in [6.45, 7) is 1.87. The molecule has 0 spiro atoms. The summed E-state index contributed by atoms with van der Waals surface area (Å²) in [5, 5.41) is 8.70. The highest BCUT2D eigenvalue weighted by molar-refractivity contribution is 6.42. The maximum absolute atomic E-state index is 12.3. The van der Waals surface area contributed by atoms with Gasteiger partial charge in [-0.2, -0.15) is 0 Å². The third-order valence-corrected chi connectivity index (χ3v) is 4.94. The molecule has 0 radical (unpaired) electrons. The quantitative estimate of drug-likeness (QED) is 0.567. The van der Waals surface area contributed by atoms with Gasteiger partial charge in [0, 0.05) is 17.3 Å². The molecule has 0 atom stereocenters. The molecule has 0 aliphatic rings. The minimum absolute atomic E-state index is 0.312. The Morgan fingerprint density at radius 2 is 1.56 bits per heavy atom. The molecular weight excluding hydrogens is 404 g/mol.